The Balaban J connectivity index is 2.31. The SMILES string of the molecule is Cc1cc(=O)c(C(=O)O)c(N2CCOCC2)n1-c1ccncc1. The second-order valence-electron chi connectivity index (χ2n) is 5.29. The Labute approximate surface area is 132 Å². The third-order valence-electron chi connectivity index (χ3n) is 3.82. The average Bonchev–Trinajstić information content (AvgIpc) is 2.55. The van der Waals surface area contributed by atoms with Crippen LogP contribution in [-0.4, -0.2) is 46.9 Å². The summed E-state index contributed by atoms with van der Waals surface area (Å²) >= 11 is 0. The molecule has 2 aromatic heterocycles. The van der Waals surface area contributed by atoms with Gasteiger partial charge in [0, 0.05) is 37.2 Å². The molecule has 0 bridgehead atoms. The number of carboxylic acids is 1. The van der Waals surface area contributed by atoms with Gasteiger partial charge >= 0.3 is 5.97 Å². The predicted octanol–water partition coefficient (Wildman–Crippen LogP) is 1.08. The minimum Gasteiger partial charge on any atom is -0.477 e. The largest absolute Gasteiger partial charge is 0.477 e. The highest BCUT2D eigenvalue weighted by molar-refractivity contribution is 5.94. The number of rotatable bonds is 3. The van der Waals surface area contributed by atoms with Crippen molar-refractivity contribution < 1.29 is 14.6 Å². The summed E-state index contributed by atoms with van der Waals surface area (Å²) in [4.78, 5) is 29.8. The first-order valence-electron chi connectivity index (χ1n) is 7.32. The highest BCUT2D eigenvalue weighted by Crippen LogP contribution is 2.25. The number of carboxylic acid groups (broad SMARTS) is 1. The van der Waals surface area contributed by atoms with E-state index in [1.807, 2.05) is 4.90 Å². The molecule has 0 amide bonds. The van der Waals surface area contributed by atoms with Crippen LogP contribution in [0.4, 0.5) is 5.82 Å². The summed E-state index contributed by atoms with van der Waals surface area (Å²) in [6, 6.07) is 4.92. The van der Waals surface area contributed by atoms with Gasteiger partial charge in [-0.1, -0.05) is 0 Å². The number of pyridine rings is 2. The Morgan fingerprint density at radius 3 is 2.52 bits per heavy atom. The molecule has 3 heterocycles. The first kappa shape index (κ1) is 15.2. The zero-order valence-corrected chi connectivity index (χ0v) is 12.7. The number of aryl methyl sites for hydroxylation is 1. The van der Waals surface area contributed by atoms with Gasteiger partial charge < -0.3 is 14.7 Å². The maximum absolute atomic E-state index is 12.3. The van der Waals surface area contributed by atoms with Crippen molar-refractivity contribution >= 4 is 11.8 Å². The number of aromatic nitrogens is 2. The van der Waals surface area contributed by atoms with E-state index in [0.717, 1.165) is 5.69 Å². The summed E-state index contributed by atoms with van der Waals surface area (Å²) in [5.41, 5.74) is 0.741. The van der Waals surface area contributed by atoms with Gasteiger partial charge in [0.15, 0.2) is 5.43 Å². The third kappa shape index (κ3) is 2.83. The minimum absolute atomic E-state index is 0.214. The molecule has 7 heteroatoms. The molecule has 1 saturated heterocycles. The van der Waals surface area contributed by atoms with Crippen LogP contribution in [0, 0.1) is 6.92 Å². The maximum Gasteiger partial charge on any atom is 0.343 e. The van der Waals surface area contributed by atoms with Gasteiger partial charge in [-0.3, -0.25) is 14.3 Å². The summed E-state index contributed by atoms with van der Waals surface area (Å²) in [5, 5.41) is 9.56. The summed E-state index contributed by atoms with van der Waals surface area (Å²) in [6.45, 7) is 3.86. The lowest BCUT2D eigenvalue weighted by molar-refractivity contribution is 0.0694. The molecule has 7 nitrogen and oxygen atoms in total. The molecular weight excluding hydrogens is 298 g/mol. The van der Waals surface area contributed by atoms with Crippen LogP contribution in [0.5, 0.6) is 0 Å². The van der Waals surface area contributed by atoms with Crippen LogP contribution < -0.4 is 10.3 Å². The first-order chi connectivity index (χ1) is 11.1. The molecule has 0 unspecified atom stereocenters. The van der Waals surface area contributed by atoms with E-state index in [-0.39, 0.29) is 5.56 Å². The molecule has 1 fully saturated rings. The molecule has 1 aliphatic rings. The molecule has 0 aromatic carbocycles. The number of anilines is 1. The van der Waals surface area contributed by atoms with Crippen molar-refractivity contribution in [3.05, 3.63) is 52.1 Å². The van der Waals surface area contributed by atoms with E-state index in [4.69, 9.17) is 4.74 Å². The van der Waals surface area contributed by atoms with Crippen LogP contribution in [0.25, 0.3) is 5.69 Å². The number of carbonyl (C=O) groups is 1. The zero-order valence-electron chi connectivity index (χ0n) is 12.7. The van der Waals surface area contributed by atoms with Gasteiger partial charge in [0.05, 0.1) is 18.9 Å². The highest BCUT2D eigenvalue weighted by Gasteiger charge is 2.26. The van der Waals surface area contributed by atoms with Crippen molar-refractivity contribution in [1.29, 1.82) is 0 Å². The Hall–Kier alpha value is -2.67. The van der Waals surface area contributed by atoms with Crippen LogP contribution in [0.2, 0.25) is 0 Å². The molecule has 0 spiro atoms. The molecule has 0 atom stereocenters. The lowest BCUT2D eigenvalue weighted by Gasteiger charge is -2.32. The highest BCUT2D eigenvalue weighted by atomic mass is 16.5. The summed E-state index contributed by atoms with van der Waals surface area (Å²) in [6.07, 6.45) is 3.27. The Morgan fingerprint density at radius 1 is 1.26 bits per heavy atom. The molecular formula is C16H17N3O4. The van der Waals surface area contributed by atoms with Crippen molar-refractivity contribution in [1.82, 2.24) is 9.55 Å². The Bertz CT molecular complexity index is 780. The van der Waals surface area contributed by atoms with E-state index in [9.17, 15) is 14.7 Å². The Morgan fingerprint density at radius 2 is 1.91 bits per heavy atom. The fraction of sp³-hybridized carbons (Fsp3) is 0.312. The summed E-state index contributed by atoms with van der Waals surface area (Å²) in [5.74, 6) is -0.823. The van der Waals surface area contributed by atoms with E-state index in [1.54, 1.807) is 36.0 Å². The van der Waals surface area contributed by atoms with Crippen LogP contribution in [-0.2, 0) is 4.74 Å². The molecule has 0 radical (unpaired) electrons. The predicted molar refractivity (Wildman–Crippen MR) is 84.6 cm³/mol. The number of aromatic carboxylic acids is 1. The molecule has 23 heavy (non-hydrogen) atoms. The molecule has 2 aromatic rings. The molecule has 1 N–H and O–H groups in total. The lowest BCUT2D eigenvalue weighted by Crippen LogP contribution is -2.40. The number of morpholine rings is 1. The van der Waals surface area contributed by atoms with E-state index >= 15 is 0 Å². The molecule has 0 saturated carbocycles. The van der Waals surface area contributed by atoms with Gasteiger partial charge in [0.1, 0.15) is 11.4 Å². The summed E-state index contributed by atoms with van der Waals surface area (Å²) < 4.78 is 7.13. The zero-order chi connectivity index (χ0) is 16.4. The fourth-order valence-electron chi connectivity index (χ4n) is 2.81. The van der Waals surface area contributed by atoms with E-state index in [2.05, 4.69) is 4.98 Å². The van der Waals surface area contributed by atoms with Crippen LogP contribution >= 0.6 is 0 Å². The van der Waals surface area contributed by atoms with Crippen LogP contribution in [0.1, 0.15) is 16.1 Å². The van der Waals surface area contributed by atoms with Crippen molar-refractivity contribution in [2.45, 2.75) is 6.92 Å². The van der Waals surface area contributed by atoms with Gasteiger partial charge in [-0.05, 0) is 19.1 Å². The topological polar surface area (TPSA) is 84.7 Å². The molecule has 120 valence electrons. The van der Waals surface area contributed by atoms with Crippen LogP contribution in [0.3, 0.4) is 0 Å². The van der Waals surface area contributed by atoms with Crippen molar-refractivity contribution in [2.24, 2.45) is 0 Å². The van der Waals surface area contributed by atoms with E-state index in [1.165, 1.54) is 6.07 Å². The standard InChI is InChI=1S/C16H17N3O4/c1-11-10-13(20)14(16(21)22)15(18-6-8-23-9-7-18)19(11)12-2-4-17-5-3-12/h2-5,10H,6-9H2,1H3,(H,21,22). The van der Waals surface area contributed by atoms with Crippen molar-refractivity contribution in [3.63, 3.8) is 0 Å². The average molecular weight is 315 g/mol. The normalized spacial score (nSPS) is 14.7. The Kier molecular flexibility index (Phi) is 4.12. The van der Waals surface area contributed by atoms with Gasteiger partial charge in [-0.25, -0.2) is 4.79 Å². The minimum atomic E-state index is -1.22. The quantitative estimate of drug-likeness (QED) is 0.912. The maximum atomic E-state index is 12.3. The smallest absolute Gasteiger partial charge is 0.343 e. The number of ether oxygens (including phenoxy) is 1. The van der Waals surface area contributed by atoms with Gasteiger partial charge in [-0.2, -0.15) is 0 Å². The van der Waals surface area contributed by atoms with Gasteiger partial charge in [-0.15, -0.1) is 0 Å². The third-order valence-corrected chi connectivity index (χ3v) is 3.82. The van der Waals surface area contributed by atoms with Crippen molar-refractivity contribution in [2.75, 3.05) is 31.2 Å². The van der Waals surface area contributed by atoms with Crippen LogP contribution in [0.15, 0.2) is 35.4 Å². The van der Waals surface area contributed by atoms with Crippen molar-refractivity contribution in [3.8, 4) is 5.69 Å². The van der Waals surface area contributed by atoms with E-state index in [0.29, 0.717) is 37.8 Å². The lowest BCUT2D eigenvalue weighted by atomic mass is 10.1. The first-order valence-corrected chi connectivity index (χ1v) is 7.32. The van der Waals surface area contributed by atoms with E-state index < -0.39 is 11.4 Å². The fourth-order valence-corrected chi connectivity index (χ4v) is 2.81. The number of hydrogen-bond donors (Lipinski definition) is 1. The number of hydrogen-bond acceptors (Lipinski definition) is 5. The van der Waals surface area contributed by atoms with Gasteiger partial charge in [0.2, 0.25) is 0 Å². The molecule has 3 rings (SSSR count). The number of nitrogens with zero attached hydrogens (tertiary/aromatic N) is 3. The van der Waals surface area contributed by atoms with Gasteiger partial charge in [0.25, 0.3) is 0 Å². The second kappa shape index (κ2) is 6.21. The molecule has 0 aliphatic carbocycles. The monoisotopic (exact) mass is 315 g/mol. The second-order valence-corrected chi connectivity index (χ2v) is 5.29. The summed E-state index contributed by atoms with van der Waals surface area (Å²) in [7, 11) is 0. The molecule has 1 aliphatic heterocycles.